The summed E-state index contributed by atoms with van der Waals surface area (Å²) >= 11 is 0. The van der Waals surface area contributed by atoms with Crippen molar-refractivity contribution in [3.05, 3.63) is 35.9 Å². The summed E-state index contributed by atoms with van der Waals surface area (Å²) in [6.45, 7) is 6.24. The normalized spacial score (nSPS) is 14.2. The molecule has 4 heteroatoms. The van der Waals surface area contributed by atoms with Crippen LogP contribution in [0.4, 0.5) is 0 Å². The molecule has 0 radical (unpaired) electrons. The molecule has 0 N–H and O–H groups in total. The lowest BCUT2D eigenvalue weighted by atomic mass is 10.1. The molecule has 0 saturated carbocycles. The molecule has 2 nitrogen and oxygen atoms in total. The summed E-state index contributed by atoms with van der Waals surface area (Å²) in [5.74, 6) is 0. The number of benzene rings is 1. The van der Waals surface area contributed by atoms with Crippen LogP contribution in [0.3, 0.4) is 0 Å². The lowest BCUT2D eigenvalue weighted by molar-refractivity contribution is 0.178. The fourth-order valence-corrected chi connectivity index (χ4v) is 2.64. The van der Waals surface area contributed by atoms with Gasteiger partial charge in [0.1, 0.15) is 10.5 Å². The molecule has 0 bridgehead atoms. The van der Waals surface area contributed by atoms with Crippen molar-refractivity contribution in [3.63, 3.8) is 0 Å². The zero-order valence-corrected chi connectivity index (χ0v) is 12.3. The first kappa shape index (κ1) is 11.6. The van der Waals surface area contributed by atoms with Crippen LogP contribution < -0.4 is 0 Å². The fourth-order valence-electron chi connectivity index (χ4n) is 1.27. The summed E-state index contributed by atoms with van der Waals surface area (Å²) < 4.78 is 11.4. The van der Waals surface area contributed by atoms with Gasteiger partial charge in [-0.3, -0.25) is 0 Å². The molecule has 0 heterocycles. The van der Waals surface area contributed by atoms with Gasteiger partial charge in [-0.2, -0.15) is 0 Å². The lowest BCUT2D eigenvalue weighted by Crippen LogP contribution is -2.34. The average molecular weight is 226 g/mol. The summed E-state index contributed by atoms with van der Waals surface area (Å²) in [6.07, 6.45) is 0.131. The predicted molar refractivity (Wildman–Crippen MR) is 64.4 cm³/mol. The zero-order chi connectivity index (χ0) is 10.6. The maximum atomic E-state index is 5.92. The van der Waals surface area contributed by atoms with Crippen LogP contribution in [-0.2, 0) is 8.54 Å². The Balaban J connectivity index is 2.64. The largest absolute Gasteiger partial charge is 0.445 e. The molecule has 1 atom stereocenters. The van der Waals surface area contributed by atoms with Gasteiger partial charge in [-0.05, 0) is 25.6 Å². The lowest BCUT2D eigenvalue weighted by Gasteiger charge is -2.25. The van der Waals surface area contributed by atoms with Crippen LogP contribution in [0.5, 0.6) is 0 Å². The Bertz CT molecular complexity index is 275. The predicted octanol–water partition coefficient (Wildman–Crippen LogP) is 1.76. The Labute approximate surface area is 90.0 Å². The summed E-state index contributed by atoms with van der Waals surface area (Å²) in [7, 11) is -1.11. The van der Waals surface area contributed by atoms with Crippen molar-refractivity contribution < 1.29 is 8.54 Å². The second-order valence-corrected chi connectivity index (χ2v) is 8.44. The quantitative estimate of drug-likeness (QED) is 0.729. The first-order valence-corrected chi connectivity index (χ1v) is 8.46. The van der Waals surface area contributed by atoms with Crippen LogP contribution in [0.1, 0.15) is 18.6 Å². The van der Waals surface area contributed by atoms with Gasteiger partial charge in [0.2, 0.25) is 0 Å². The molecule has 0 aromatic heterocycles. The maximum absolute atomic E-state index is 5.92. The maximum Gasteiger partial charge on any atom is 0.321 e. The highest BCUT2D eigenvalue weighted by molar-refractivity contribution is 6.67. The highest BCUT2D eigenvalue weighted by atomic mass is 28.4. The molecule has 0 aliphatic carbocycles. The number of rotatable bonds is 4. The van der Waals surface area contributed by atoms with E-state index in [0.717, 1.165) is 10.5 Å². The van der Waals surface area contributed by atoms with Crippen molar-refractivity contribution in [1.29, 1.82) is 0 Å². The van der Waals surface area contributed by atoms with Crippen molar-refractivity contribution in [1.82, 2.24) is 0 Å². The van der Waals surface area contributed by atoms with E-state index in [1.165, 1.54) is 5.56 Å². The van der Waals surface area contributed by atoms with Crippen molar-refractivity contribution in [2.24, 2.45) is 0 Å². The van der Waals surface area contributed by atoms with E-state index in [1.54, 1.807) is 0 Å². The van der Waals surface area contributed by atoms with Gasteiger partial charge >= 0.3 is 8.56 Å². The van der Waals surface area contributed by atoms with Crippen molar-refractivity contribution in [3.8, 4) is 0 Å². The molecule has 0 saturated heterocycles. The van der Waals surface area contributed by atoms with Gasteiger partial charge in [0.25, 0.3) is 0 Å². The first-order valence-electron chi connectivity index (χ1n) is 4.83. The minimum atomic E-state index is -1.86. The van der Waals surface area contributed by atoms with Gasteiger partial charge in [0.15, 0.2) is 0 Å². The molecule has 0 aliphatic heterocycles. The van der Waals surface area contributed by atoms with E-state index in [1.807, 2.05) is 18.2 Å². The number of hydrogen-bond acceptors (Lipinski definition) is 2. The average Bonchev–Trinajstić information content (AvgIpc) is 2.19. The van der Waals surface area contributed by atoms with E-state index in [-0.39, 0.29) is 6.10 Å². The van der Waals surface area contributed by atoms with E-state index in [9.17, 15) is 0 Å². The molecular weight excluding hydrogens is 208 g/mol. The van der Waals surface area contributed by atoms with Gasteiger partial charge < -0.3 is 8.54 Å². The summed E-state index contributed by atoms with van der Waals surface area (Å²) in [6, 6.07) is 10.3. The van der Waals surface area contributed by atoms with Crippen molar-refractivity contribution >= 4 is 19.0 Å². The molecule has 1 aromatic carbocycles. The molecule has 1 rings (SSSR count). The van der Waals surface area contributed by atoms with Gasteiger partial charge in [0, 0.05) is 0 Å². The second-order valence-electron chi connectivity index (χ2n) is 3.77. The standard InChI is InChI=1S/C10H18O2Si2/c1-9(11-14(2,3)12-13)10-7-5-4-6-8-10/h4-9H,1-3,13H3. The smallest absolute Gasteiger partial charge is 0.321 e. The zero-order valence-electron chi connectivity index (χ0n) is 9.28. The minimum absolute atomic E-state index is 0.131. The number of hydrogen-bond donors (Lipinski definition) is 0. The van der Waals surface area contributed by atoms with Gasteiger partial charge in [-0.15, -0.1) is 0 Å². The van der Waals surface area contributed by atoms with Gasteiger partial charge in [-0.1, -0.05) is 30.3 Å². The highest BCUT2D eigenvalue weighted by Crippen LogP contribution is 2.21. The molecule has 1 unspecified atom stereocenters. The Morgan fingerprint density at radius 1 is 1.21 bits per heavy atom. The topological polar surface area (TPSA) is 18.5 Å². The Morgan fingerprint density at radius 2 is 1.79 bits per heavy atom. The third-order valence-electron chi connectivity index (χ3n) is 2.22. The molecule has 14 heavy (non-hydrogen) atoms. The van der Waals surface area contributed by atoms with Crippen molar-refractivity contribution in [2.45, 2.75) is 26.1 Å². The van der Waals surface area contributed by atoms with E-state index in [4.69, 9.17) is 8.54 Å². The van der Waals surface area contributed by atoms with Gasteiger partial charge in [0.05, 0.1) is 6.10 Å². The molecule has 78 valence electrons. The van der Waals surface area contributed by atoms with Crippen LogP contribution in [0.2, 0.25) is 13.1 Å². The van der Waals surface area contributed by atoms with Crippen LogP contribution in [0.25, 0.3) is 0 Å². The van der Waals surface area contributed by atoms with E-state index < -0.39 is 8.56 Å². The highest BCUT2D eigenvalue weighted by Gasteiger charge is 2.25. The first-order chi connectivity index (χ1) is 6.55. The second kappa shape index (κ2) is 4.88. The van der Waals surface area contributed by atoms with Crippen molar-refractivity contribution in [2.75, 3.05) is 0 Å². The van der Waals surface area contributed by atoms with E-state index in [0.29, 0.717) is 0 Å². The summed E-state index contributed by atoms with van der Waals surface area (Å²) in [5, 5.41) is 0. The summed E-state index contributed by atoms with van der Waals surface area (Å²) in [5.41, 5.74) is 1.21. The fraction of sp³-hybridized carbons (Fsp3) is 0.400. The van der Waals surface area contributed by atoms with Crippen LogP contribution in [0, 0.1) is 0 Å². The third-order valence-corrected chi connectivity index (χ3v) is 7.07. The summed E-state index contributed by atoms with van der Waals surface area (Å²) in [4.78, 5) is 0. The molecule has 0 spiro atoms. The molecule has 1 aromatic rings. The van der Waals surface area contributed by atoms with Crippen LogP contribution >= 0.6 is 0 Å². The van der Waals surface area contributed by atoms with E-state index in [2.05, 4.69) is 32.2 Å². The van der Waals surface area contributed by atoms with Crippen LogP contribution in [-0.4, -0.2) is 19.0 Å². The third kappa shape index (κ3) is 3.38. The van der Waals surface area contributed by atoms with Gasteiger partial charge in [-0.25, -0.2) is 0 Å². The van der Waals surface area contributed by atoms with E-state index >= 15 is 0 Å². The Morgan fingerprint density at radius 3 is 2.29 bits per heavy atom. The Hall–Kier alpha value is -0.426. The SMILES string of the molecule is CC(O[Si](C)(C)O[SiH3])c1ccccc1. The molecule has 0 aliphatic rings. The molecule has 0 fully saturated rings. The molecule has 0 amide bonds. The Kier molecular flexibility index (Phi) is 4.06. The molecular formula is C10H18O2Si2. The monoisotopic (exact) mass is 226 g/mol. The minimum Gasteiger partial charge on any atom is -0.445 e. The van der Waals surface area contributed by atoms with Crippen LogP contribution in [0.15, 0.2) is 30.3 Å².